The fraction of sp³-hybridized carbons (Fsp3) is 0.231. The Balaban J connectivity index is 1.98. The van der Waals surface area contributed by atoms with E-state index in [9.17, 15) is 4.79 Å². The van der Waals surface area contributed by atoms with Gasteiger partial charge in [-0.05, 0) is 36.6 Å². The Kier molecular flexibility index (Phi) is 2.44. The van der Waals surface area contributed by atoms with E-state index in [2.05, 4.69) is 11.1 Å². The monoisotopic (exact) mass is 245 g/mol. The Labute approximate surface area is 103 Å². The van der Waals surface area contributed by atoms with Gasteiger partial charge in [-0.1, -0.05) is 6.07 Å². The van der Waals surface area contributed by atoms with Gasteiger partial charge in [0.1, 0.15) is 4.88 Å². The van der Waals surface area contributed by atoms with E-state index >= 15 is 0 Å². The highest BCUT2D eigenvalue weighted by Crippen LogP contribution is 2.39. The second kappa shape index (κ2) is 3.96. The Morgan fingerprint density at radius 1 is 1.41 bits per heavy atom. The molecule has 1 aliphatic rings. The third kappa shape index (κ3) is 1.74. The van der Waals surface area contributed by atoms with Gasteiger partial charge in [-0.25, -0.2) is 4.79 Å². The van der Waals surface area contributed by atoms with E-state index in [1.165, 1.54) is 16.9 Å². The van der Waals surface area contributed by atoms with Crippen molar-refractivity contribution in [3.05, 3.63) is 51.5 Å². The molecule has 1 atom stereocenters. The molecule has 0 saturated heterocycles. The number of carboxylic acids is 1. The molecule has 2 aromatic heterocycles. The summed E-state index contributed by atoms with van der Waals surface area (Å²) in [6, 6.07) is 7.66. The molecule has 17 heavy (non-hydrogen) atoms. The normalized spacial score (nSPS) is 18.0. The van der Waals surface area contributed by atoms with Crippen molar-refractivity contribution in [2.24, 2.45) is 0 Å². The standard InChI is InChI=1S/C13H11NO2S/c15-13(16)11-6-5-10(17-11)9-4-3-8-2-1-7-14-12(8)9/h1-2,5-7,9H,3-4H2,(H,15,16). The minimum absolute atomic E-state index is 0.282. The molecule has 3 nitrogen and oxygen atoms in total. The predicted molar refractivity (Wildman–Crippen MR) is 65.7 cm³/mol. The summed E-state index contributed by atoms with van der Waals surface area (Å²) in [5.41, 5.74) is 2.41. The molecule has 3 rings (SSSR count). The average molecular weight is 245 g/mol. The van der Waals surface area contributed by atoms with Crippen molar-refractivity contribution in [3.63, 3.8) is 0 Å². The molecular formula is C13H11NO2S. The summed E-state index contributed by atoms with van der Waals surface area (Å²) in [6.45, 7) is 0. The number of fused-ring (bicyclic) bond motifs is 1. The third-order valence-electron chi connectivity index (χ3n) is 3.14. The van der Waals surface area contributed by atoms with Gasteiger partial charge in [0.05, 0.1) is 5.69 Å². The summed E-state index contributed by atoms with van der Waals surface area (Å²) < 4.78 is 0. The quantitative estimate of drug-likeness (QED) is 0.885. The van der Waals surface area contributed by atoms with Crippen LogP contribution < -0.4 is 0 Å². The number of carboxylic acid groups (broad SMARTS) is 1. The second-order valence-corrected chi connectivity index (χ2v) is 5.26. The van der Waals surface area contributed by atoms with Crippen LogP contribution in [-0.4, -0.2) is 16.1 Å². The SMILES string of the molecule is O=C(O)c1ccc(C2CCc3cccnc32)s1. The molecule has 0 saturated carbocycles. The molecular weight excluding hydrogens is 234 g/mol. The van der Waals surface area contributed by atoms with Gasteiger partial charge < -0.3 is 5.11 Å². The summed E-state index contributed by atoms with van der Waals surface area (Å²) in [7, 11) is 0. The Morgan fingerprint density at radius 3 is 3.06 bits per heavy atom. The Hall–Kier alpha value is -1.68. The summed E-state index contributed by atoms with van der Waals surface area (Å²) >= 11 is 1.36. The molecule has 1 aliphatic carbocycles. The molecule has 0 radical (unpaired) electrons. The summed E-state index contributed by atoms with van der Waals surface area (Å²) in [4.78, 5) is 16.8. The summed E-state index contributed by atoms with van der Waals surface area (Å²) in [5, 5.41) is 8.93. The number of nitrogens with zero attached hydrogens (tertiary/aromatic N) is 1. The van der Waals surface area contributed by atoms with E-state index in [1.54, 1.807) is 6.07 Å². The highest BCUT2D eigenvalue weighted by atomic mass is 32.1. The van der Waals surface area contributed by atoms with Crippen LogP contribution in [-0.2, 0) is 6.42 Å². The van der Waals surface area contributed by atoms with E-state index in [1.807, 2.05) is 18.3 Å². The topological polar surface area (TPSA) is 50.2 Å². The number of thiophene rings is 1. The Morgan fingerprint density at radius 2 is 2.29 bits per heavy atom. The number of carbonyl (C=O) groups is 1. The van der Waals surface area contributed by atoms with Gasteiger partial charge >= 0.3 is 5.97 Å². The average Bonchev–Trinajstić information content (AvgIpc) is 2.95. The van der Waals surface area contributed by atoms with Crippen LogP contribution in [0.25, 0.3) is 0 Å². The van der Waals surface area contributed by atoms with Crippen LogP contribution in [0.4, 0.5) is 0 Å². The number of rotatable bonds is 2. The highest BCUT2D eigenvalue weighted by molar-refractivity contribution is 7.14. The minimum Gasteiger partial charge on any atom is -0.477 e. The molecule has 2 heterocycles. The largest absolute Gasteiger partial charge is 0.477 e. The van der Waals surface area contributed by atoms with E-state index in [4.69, 9.17) is 5.11 Å². The number of aromatic carboxylic acids is 1. The number of hydrogen-bond acceptors (Lipinski definition) is 3. The molecule has 4 heteroatoms. The fourth-order valence-electron chi connectivity index (χ4n) is 2.34. The van der Waals surface area contributed by atoms with Crippen molar-refractivity contribution < 1.29 is 9.90 Å². The lowest BCUT2D eigenvalue weighted by atomic mass is 10.1. The summed E-state index contributed by atoms with van der Waals surface area (Å²) in [6.07, 6.45) is 3.88. The molecule has 0 aliphatic heterocycles. The molecule has 0 amide bonds. The van der Waals surface area contributed by atoms with Gasteiger partial charge in [0, 0.05) is 17.0 Å². The van der Waals surface area contributed by atoms with Crippen LogP contribution in [0.3, 0.4) is 0 Å². The molecule has 2 aromatic rings. The van der Waals surface area contributed by atoms with Crippen molar-refractivity contribution in [1.82, 2.24) is 4.98 Å². The van der Waals surface area contributed by atoms with E-state index in [-0.39, 0.29) is 5.92 Å². The zero-order valence-electron chi connectivity index (χ0n) is 9.09. The first-order valence-corrected chi connectivity index (χ1v) is 6.34. The smallest absolute Gasteiger partial charge is 0.345 e. The van der Waals surface area contributed by atoms with E-state index in [0.29, 0.717) is 4.88 Å². The van der Waals surface area contributed by atoms with Crippen LogP contribution in [0.1, 0.15) is 38.1 Å². The van der Waals surface area contributed by atoms with E-state index < -0.39 is 5.97 Å². The van der Waals surface area contributed by atoms with Crippen molar-refractivity contribution >= 4 is 17.3 Å². The molecule has 0 bridgehead atoms. The second-order valence-electron chi connectivity index (χ2n) is 4.15. The van der Waals surface area contributed by atoms with Gasteiger partial charge in [-0.2, -0.15) is 0 Å². The third-order valence-corrected chi connectivity index (χ3v) is 4.33. The lowest BCUT2D eigenvalue weighted by Crippen LogP contribution is -1.95. The maximum atomic E-state index is 10.9. The van der Waals surface area contributed by atoms with Crippen molar-refractivity contribution in [3.8, 4) is 0 Å². The zero-order chi connectivity index (χ0) is 11.8. The van der Waals surface area contributed by atoms with Crippen LogP contribution in [0, 0.1) is 0 Å². The maximum absolute atomic E-state index is 10.9. The molecule has 0 aromatic carbocycles. The van der Waals surface area contributed by atoms with Crippen molar-refractivity contribution in [1.29, 1.82) is 0 Å². The van der Waals surface area contributed by atoms with Crippen molar-refractivity contribution in [2.75, 3.05) is 0 Å². The van der Waals surface area contributed by atoms with Gasteiger partial charge in [-0.15, -0.1) is 11.3 Å². The minimum atomic E-state index is -0.847. The first-order chi connectivity index (χ1) is 8.25. The first-order valence-electron chi connectivity index (χ1n) is 5.52. The van der Waals surface area contributed by atoms with Crippen LogP contribution in [0.2, 0.25) is 0 Å². The zero-order valence-corrected chi connectivity index (χ0v) is 9.91. The number of hydrogen-bond donors (Lipinski definition) is 1. The number of pyridine rings is 1. The number of aromatic nitrogens is 1. The fourth-order valence-corrected chi connectivity index (χ4v) is 3.33. The van der Waals surface area contributed by atoms with E-state index in [0.717, 1.165) is 23.4 Å². The van der Waals surface area contributed by atoms with Gasteiger partial charge in [0.15, 0.2) is 0 Å². The lowest BCUT2D eigenvalue weighted by Gasteiger charge is -2.07. The van der Waals surface area contributed by atoms with Crippen LogP contribution in [0.15, 0.2) is 30.5 Å². The molecule has 1 N–H and O–H groups in total. The first kappa shape index (κ1) is 10.5. The maximum Gasteiger partial charge on any atom is 0.345 e. The van der Waals surface area contributed by atoms with Gasteiger partial charge in [0.25, 0.3) is 0 Å². The molecule has 1 unspecified atom stereocenters. The molecule has 0 spiro atoms. The van der Waals surface area contributed by atoms with Crippen molar-refractivity contribution in [2.45, 2.75) is 18.8 Å². The number of aryl methyl sites for hydroxylation is 1. The molecule has 86 valence electrons. The van der Waals surface area contributed by atoms with Gasteiger partial charge in [0.2, 0.25) is 0 Å². The Bertz CT molecular complexity index is 576. The summed E-state index contributed by atoms with van der Waals surface area (Å²) in [5.74, 6) is -0.565. The predicted octanol–water partition coefficient (Wildman–Crippen LogP) is 2.92. The highest BCUT2D eigenvalue weighted by Gasteiger charge is 2.26. The lowest BCUT2D eigenvalue weighted by molar-refractivity contribution is 0.0702. The van der Waals surface area contributed by atoms with Crippen LogP contribution >= 0.6 is 11.3 Å². The molecule has 0 fully saturated rings. The van der Waals surface area contributed by atoms with Gasteiger partial charge in [-0.3, -0.25) is 4.98 Å². The van der Waals surface area contributed by atoms with Crippen LogP contribution in [0.5, 0.6) is 0 Å².